The highest BCUT2D eigenvalue weighted by Crippen LogP contribution is 2.06. The molecule has 2 N–H and O–H groups in total. The molecule has 5 heteroatoms. The fraction of sp³-hybridized carbons (Fsp3) is 0.400. The molecule has 1 aliphatic rings. The summed E-state index contributed by atoms with van der Waals surface area (Å²) in [4.78, 5) is 4.61. The minimum absolute atomic E-state index is 0.684. The number of nitrogens with zero attached hydrogens (tertiary/aromatic N) is 2. The van der Waals surface area contributed by atoms with Crippen molar-refractivity contribution in [2.75, 3.05) is 31.6 Å². The smallest absolute Gasteiger partial charge is 0.170 e. The van der Waals surface area contributed by atoms with Crippen LogP contribution in [0.1, 0.15) is 13.3 Å². The van der Waals surface area contributed by atoms with E-state index in [0.29, 0.717) is 5.11 Å². The van der Waals surface area contributed by atoms with Gasteiger partial charge in [-0.05, 0) is 37.7 Å². The molecule has 0 spiro atoms. The van der Waals surface area contributed by atoms with E-state index in [4.69, 9.17) is 12.2 Å². The fourth-order valence-corrected chi connectivity index (χ4v) is 2.27. The summed E-state index contributed by atoms with van der Waals surface area (Å²) < 4.78 is 0. The normalized spacial score (nSPS) is 13.7. The van der Waals surface area contributed by atoms with E-state index in [1.54, 1.807) is 0 Å². The van der Waals surface area contributed by atoms with Gasteiger partial charge < -0.3 is 20.4 Å². The number of rotatable bonds is 6. The SMILES string of the molecule is CCN1C=CN(CCCNC(=S)Nc2ccccc2)C1. The molecule has 1 aromatic carbocycles. The molecule has 0 bridgehead atoms. The molecule has 0 unspecified atom stereocenters. The van der Waals surface area contributed by atoms with Crippen LogP contribution in [-0.2, 0) is 0 Å². The lowest BCUT2D eigenvalue weighted by Crippen LogP contribution is -2.32. The molecule has 0 radical (unpaired) electrons. The summed E-state index contributed by atoms with van der Waals surface area (Å²) in [6, 6.07) is 9.98. The van der Waals surface area contributed by atoms with Crippen molar-refractivity contribution in [2.24, 2.45) is 0 Å². The van der Waals surface area contributed by atoms with Crippen LogP contribution in [0.25, 0.3) is 0 Å². The summed E-state index contributed by atoms with van der Waals surface area (Å²) in [6.07, 6.45) is 5.37. The lowest BCUT2D eigenvalue weighted by Gasteiger charge is -2.20. The van der Waals surface area contributed by atoms with E-state index in [0.717, 1.165) is 38.4 Å². The van der Waals surface area contributed by atoms with Crippen LogP contribution in [-0.4, -0.2) is 41.2 Å². The minimum atomic E-state index is 0.684. The van der Waals surface area contributed by atoms with E-state index in [1.165, 1.54) is 0 Å². The molecule has 108 valence electrons. The third kappa shape index (κ3) is 4.74. The number of hydrogen-bond donors (Lipinski definition) is 2. The first-order chi connectivity index (χ1) is 9.78. The molecule has 0 atom stereocenters. The van der Waals surface area contributed by atoms with E-state index in [-0.39, 0.29) is 0 Å². The van der Waals surface area contributed by atoms with Gasteiger partial charge in [0.2, 0.25) is 0 Å². The van der Waals surface area contributed by atoms with E-state index in [2.05, 4.69) is 39.8 Å². The molecular weight excluding hydrogens is 268 g/mol. The predicted molar refractivity (Wildman–Crippen MR) is 88.4 cm³/mol. The van der Waals surface area contributed by atoms with Crippen molar-refractivity contribution in [1.29, 1.82) is 0 Å². The molecule has 20 heavy (non-hydrogen) atoms. The zero-order valence-corrected chi connectivity index (χ0v) is 12.7. The highest BCUT2D eigenvalue weighted by molar-refractivity contribution is 7.80. The summed E-state index contributed by atoms with van der Waals surface area (Å²) in [7, 11) is 0. The molecule has 0 aromatic heterocycles. The molecule has 1 heterocycles. The average Bonchev–Trinajstić information content (AvgIpc) is 2.93. The molecule has 0 amide bonds. The van der Waals surface area contributed by atoms with Gasteiger partial charge in [0.05, 0.1) is 6.67 Å². The topological polar surface area (TPSA) is 30.5 Å². The molecule has 1 aromatic rings. The third-order valence-corrected chi connectivity index (χ3v) is 3.44. The van der Waals surface area contributed by atoms with Gasteiger partial charge in [-0.3, -0.25) is 0 Å². The lowest BCUT2D eigenvalue weighted by molar-refractivity contribution is 0.271. The zero-order valence-electron chi connectivity index (χ0n) is 11.9. The Balaban J connectivity index is 1.57. The highest BCUT2D eigenvalue weighted by Gasteiger charge is 2.09. The second-order valence-electron chi connectivity index (χ2n) is 4.76. The summed E-state index contributed by atoms with van der Waals surface area (Å²) >= 11 is 5.26. The quantitative estimate of drug-likeness (QED) is 0.621. The Morgan fingerprint density at radius 1 is 1.20 bits per heavy atom. The Morgan fingerprint density at radius 2 is 1.95 bits per heavy atom. The van der Waals surface area contributed by atoms with Crippen molar-refractivity contribution in [3.8, 4) is 0 Å². The Bertz CT molecular complexity index is 446. The first kappa shape index (κ1) is 14.7. The van der Waals surface area contributed by atoms with Gasteiger partial charge in [0, 0.05) is 37.7 Å². The van der Waals surface area contributed by atoms with Crippen LogP contribution in [0.3, 0.4) is 0 Å². The van der Waals surface area contributed by atoms with Crippen molar-refractivity contribution in [3.63, 3.8) is 0 Å². The maximum atomic E-state index is 5.26. The number of nitrogens with one attached hydrogen (secondary N) is 2. The monoisotopic (exact) mass is 290 g/mol. The molecule has 0 saturated heterocycles. The molecule has 0 saturated carbocycles. The van der Waals surface area contributed by atoms with Gasteiger partial charge in [0.1, 0.15) is 0 Å². The number of para-hydroxylation sites is 1. The van der Waals surface area contributed by atoms with Crippen LogP contribution in [0, 0.1) is 0 Å². The van der Waals surface area contributed by atoms with Crippen molar-refractivity contribution in [2.45, 2.75) is 13.3 Å². The van der Waals surface area contributed by atoms with Crippen molar-refractivity contribution in [3.05, 3.63) is 42.7 Å². The first-order valence-electron chi connectivity index (χ1n) is 7.04. The van der Waals surface area contributed by atoms with Crippen LogP contribution in [0.4, 0.5) is 5.69 Å². The first-order valence-corrected chi connectivity index (χ1v) is 7.45. The minimum Gasteiger partial charge on any atom is -0.362 e. The van der Waals surface area contributed by atoms with Crippen LogP contribution >= 0.6 is 12.2 Å². The maximum absolute atomic E-state index is 5.26. The van der Waals surface area contributed by atoms with E-state index in [1.807, 2.05) is 30.3 Å². The van der Waals surface area contributed by atoms with Crippen LogP contribution in [0.2, 0.25) is 0 Å². The second-order valence-corrected chi connectivity index (χ2v) is 5.17. The van der Waals surface area contributed by atoms with Crippen molar-refractivity contribution in [1.82, 2.24) is 15.1 Å². The molecule has 4 nitrogen and oxygen atoms in total. The Morgan fingerprint density at radius 3 is 2.65 bits per heavy atom. The van der Waals surface area contributed by atoms with Crippen molar-refractivity contribution >= 4 is 23.0 Å². The van der Waals surface area contributed by atoms with Crippen molar-refractivity contribution < 1.29 is 0 Å². The lowest BCUT2D eigenvalue weighted by atomic mass is 10.3. The van der Waals surface area contributed by atoms with Crippen LogP contribution in [0.15, 0.2) is 42.7 Å². The van der Waals surface area contributed by atoms with Crippen LogP contribution < -0.4 is 10.6 Å². The van der Waals surface area contributed by atoms with Gasteiger partial charge in [-0.2, -0.15) is 0 Å². The van der Waals surface area contributed by atoms with E-state index in [9.17, 15) is 0 Å². The van der Waals surface area contributed by atoms with E-state index >= 15 is 0 Å². The Hall–Kier alpha value is -1.75. The second kappa shape index (κ2) is 7.75. The summed E-state index contributed by atoms with van der Waals surface area (Å²) in [5.74, 6) is 0. The van der Waals surface area contributed by atoms with Gasteiger partial charge in [-0.25, -0.2) is 0 Å². The Labute approximate surface area is 126 Å². The van der Waals surface area contributed by atoms with Crippen LogP contribution in [0.5, 0.6) is 0 Å². The zero-order chi connectivity index (χ0) is 14.2. The summed E-state index contributed by atoms with van der Waals surface area (Å²) in [5.41, 5.74) is 1.02. The van der Waals surface area contributed by atoms with E-state index < -0.39 is 0 Å². The molecule has 1 aliphatic heterocycles. The predicted octanol–water partition coefficient (Wildman–Crippen LogP) is 2.43. The van der Waals surface area contributed by atoms with Gasteiger partial charge in [-0.15, -0.1) is 0 Å². The number of benzene rings is 1. The van der Waals surface area contributed by atoms with Gasteiger partial charge in [-0.1, -0.05) is 18.2 Å². The van der Waals surface area contributed by atoms with Gasteiger partial charge in [0.15, 0.2) is 5.11 Å². The molecular formula is C15H22N4S. The largest absolute Gasteiger partial charge is 0.362 e. The molecule has 2 rings (SSSR count). The standard InChI is InChI=1S/C15H22N4S/c1-2-18-11-12-19(13-18)10-6-9-16-15(20)17-14-7-4-3-5-8-14/h3-5,7-8,11-12H,2,6,9-10,13H2,1H3,(H2,16,17,20). The highest BCUT2D eigenvalue weighted by atomic mass is 32.1. The maximum Gasteiger partial charge on any atom is 0.170 e. The summed E-state index contributed by atoms with van der Waals surface area (Å²) in [5, 5.41) is 7.09. The number of thiocarbonyl (C=S) groups is 1. The molecule has 0 aliphatic carbocycles. The van der Waals surface area contributed by atoms with Gasteiger partial charge >= 0.3 is 0 Å². The van der Waals surface area contributed by atoms with Gasteiger partial charge in [0.25, 0.3) is 0 Å². The fourth-order valence-electron chi connectivity index (χ4n) is 2.05. The summed E-state index contributed by atoms with van der Waals surface area (Å²) in [6.45, 7) is 6.17. The number of anilines is 1. The molecule has 0 fully saturated rings. The third-order valence-electron chi connectivity index (χ3n) is 3.20. The Kier molecular flexibility index (Phi) is 5.68. The number of hydrogen-bond acceptors (Lipinski definition) is 3. The average molecular weight is 290 g/mol.